The molecule has 0 radical (unpaired) electrons. The van der Waals surface area contributed by atoms with Crippen LogP contribution in [0.1, 0.15) is 28.9 Å². The number of aliphatic carboxylic acids is 1. The average molecular weight is 458 g/mol. The van der Waals surface area contributed by atoms with Crippen LogP contribution in [0.3, 0.4) is 0 Å². The molecule has 4 aromatic rings. The van der Waals surface area contributed by atoms with E-state index in [0.717, 1.165) is 39.5 Å². The lowest BCUT2D eigenvalue weighted by Gasteiger charge is -2.24. The molecule has 0 saturated heterocycles. The van der Waals surface area contributed by atoms with E-state index in [2.05, 4.69) is 15.3 Å². The maximum Gasteiger partial charge on any atom is 0.305 e. The van der Waals surface area contributed by atoms with Gasteiger partial charge in [0.05, 0.1) is 24.0 Å². The number of anilines is 2. The highest BCUT2D eigenvalue weighted by atomic mass is 16.4. The largest absolute Gasteiger partial charge is 0.481 e. The Morgan fingerprint density at radius 3 is 2.65 bits per heavy atom. The number of aryl methyl sites for hydroxylation is 1. The summed E-state index contributed by atoms with van der Waals surface area (Å²) in [6.45, 7) is 3.45. The quantitative estimate of drug-likeness (QED) is 0.181. The number of nitrogen functional groups attached to an aromatic ring is 1. The van der Waals surface area contributed by atoms with E-state index in [0.29, 0.717) is 25.2 Å². The molecule has 2 heterocycles. The van der Waals surface area contributed by atoms with Gasteiger partial charge in [-0.25, -0.2) is 9.97 Å². The molecule has 0 aliphatic carbocycles. The lowest BCUT2D eigenvalue weighted by atomic mass is 10.1. The lowest BCUT2D eigenvalue weighted by molar-refractivity contribution is -0.136. The first kappa shape index (κ1) is 22.8. The van der Waals surface area contributed by atoms with Gasteiger partial charge in [-0.3, -0.25) is 10.2 Å². The number of aromatic nitrogens is 3. The summed E-state index contributed by atoms with van der Waals surface area (Å²) in [4.78, 5) is 25.7. The van der Waals surface area contributed by atoms with Crippen molar-refractivity contribution in [3.8, 4) is 0 Å². The molecule has 6 N–H and O–H groups in total. The second-order valence-electron chi connectivity index (χ2n) is 8.03. The second kappa shape index (κ2) is 10.0. The van der Waals surface area contributed by atoms with Crippen LogP contribution in [-0.2, 0) is 17.9 Å². The second-order valence-corrected chi connectivity index (χ2v) is 8.03. The van der Waals surface area contributed by atoms with E-state index in [1.807, 2.05) is 54.3 Å². The number of hydrogen-bond donors (Lipinski definition) is 5. The van der Waals surface area contributed by atoms with Gasteiger partial charge in [-0.15, -0.1) is 0 Å². The summed E-state index contributed by atoms with van der Waals surface area (Å²) < 4.78 is 0. The number of carboxylic acid groups (broad SMARTS) is 1. The van der Waals surface area contributed by atoms with Crippen molar-refractivity contribution in [1.29, 1.82) is 5.41 Å². The van der Waals surface area contributed by atoms with E-state index in [1.165, 1.54) is 0 Å². The van der Waals surface area contributed by atoms with Gasteiger partial charge in [0.15, 0.2) is 0 Å². The third-order valence-electron chi connectivity index (χ3n) is 5.65. The first-order valence-electron chi connectivity index (χ1n) is 10.9. The zero-order chi connectivity index (χ0) is 24.1. The van der Waals surface area contributed by atoms with Crippen molar-refractivity contribution in [2.75, 3.05) is 16.8 Å². The first-order chi connectivity index (χ1) is 16.4. The van der Waals surface area contributed by atoms with Crippen LogP contribution in [0.15, 0.2) is 60.8 Å². The number of fused-ring (bicyclic) bond motifs is 1. The summed E-state index contributed by atoms with van der Waals surface area (Å²) in [5.74, 6) is 0.748. The molecule has 0 unspecified atom stereocenters. The van der Waals surface area contributed by atoms with Crippen molar-refractivity contribution in [3.63, 3.8) is 0 Å². The van der Waals surface area contributed by atoms with Crippen molar-refractivity contribution in [3.05, 3.63) is 83.3 Å². The fraction of sp³-hybridized carbons (Fsp3) is 0.200. The average Bonchev–Trinajstić information content (AvgIpc) is 3.26. The molecule has 0 aliphatic rings. The molecule has 34 heavy (non-hydrogen) atoms. The number of nitrogens with zero attached hydrogens (tertiary/aromatic N) is 3. The van der Waals surface area contributed by atoms with Gasteiger partial charge in [-0.2, -0.15) is 0 Å². The van der Waals surface area contributed by atoms with Crippen molar-refractivity contribution in [1.82, 2.24) is 15.0 Å². The predicted octanol–water partition coefficient (Wildman–Crippen LogP) is 3.64. The lowest BCUT2D eigenvalue weighted by Crippen LogP contribution is -2.26. The summed E-state index contributed by atoms with van der Waals surface area (Å²) in [5.41, 5.74) is 11.0. The predicted molar refractivity (Wildman–Crippen MR) is 133 cm³/mol. The highest BCUT2D eigenvalue weighted by Crippen LogP contribution is 2.24. The highest BCUT2D eigenvalue weighted by Gasteiger charge is 2.15. The maximum atomic E-state index is 11.2. The number of pyridine rings is 1. The van der Waals surface area contributed by atoms with E-state index in [9.17, 15) is 4.79 Å². The Morgan fingerprint density at radius 1 is 1.18 bits per heavy atom. The van der Waals surface area contributed by atoms with E-state index >= 15 is 0 Å². The molecular weight excluding hydrogens is 430 g/mol. The van der Waals surface area contributed by atoms with Gasteiger partial charge in [0.25, 0.3) is 0 Å². The number of nitrogens with two attached hydrogens (primary N) is 1. The number of aromatic amines is 1. The van der Waals surface area contributed by atoms with Crippen molar-refractivity contribution >= 4 is 34.3 Å². The van der Waals surface area contributed by atoms with Gasteiger partial charge < -0.3 is 26.0 Å². The number of amidine groups is 1. The summed E-state index contributed by atoms with van der Waals surface area (Å²) in [5, 5.41) is 20.0. The maximum absolute atomic E-state index is 11.2. The number of H-pyrrole nitrogens is 1. The molecule has 2 aromatic heterocycles. The number of imidazole rings is 1. The van der Waals surface area contributed by atoms with Crippen LogP contribution in [0.2, 0.25) is 0 Å². The van der Waals surface area contributed by atoms with Crippen LogP contribution in [0.4, 0.5) is 11.5 Å². The third kappa shape index (κ3) is 5.32. The minimum atomic E-state index is -0.839. The van der Waals surface area contributed by atoms with Crippen LogP contribution in [-0.4, -0.2) is 38.4 Å². The minimum Gasteiger partial charge on any atom is -0.481 e. The van der Waals surface area contributed by atoms with Crippen LogP contribution in [0.25, 0.3) is 11.0 Å². The molecule has 174 valence electrons. The van der Waals surface area contributed by atoms with E-state index < -0.39 is 5.97 Å². The third-order valence-corrected chi connectivity index (χ3v) is 5.65. The smallest absolute Gasteiger partial charge is 0.305 e. The molecule has 0 spiro atoms. The summed E-state index contributed by atoms with van der Waals surface area (Å²) in [6.07, 6.45) is 1.74. The number of nitrogens with one attached hydrogen (secondary N) is 3. The molecule has 0 fully saturated rings. The van der Waals surface area contributed by atoms with Gasteiger partial charge in [0, 0.05) is 30.5 Å². The minimum absolute atomic E-state index is 0.0312. The normalized spacial score (nSPS) is 10.9. The zero-order valence-corrected chi connectivity index (χ0v) is 18.9. The SMILES string of the molecule is Cc1c(CN(CCC(=O)O)c2ccccn2)ccc2[nH]c(CNc3ccc(C(=N)N)cc3)nc12. The molecule has 0 atom stereocenters. The van der Waals surface area contributed by atoms with Gasteiger partial charge >= 0.3 is 5.97 Å². The molecule has 9 nitrogen and oxygen atoms in total. The molecule has 9 heteroatoms. The monoisotopic (exact) mass is 457 g/mol. The Kier molecular flexibility index (Phi) is 6.72. The summed E-state index contributed by atoms with van der Waals surface area (Å²) >= 11 is 0. The molecule has 2 aromatic carbocycles. The van der Waals surface area contributed by atoms with Crippen LogP contribution in [0.5, 0.6) is 0 Å². The fourth-order valence-electron chi connectivity index (χ4n) is 3.77. The number of rotatable bonds is 10. The van der Waals surface area contributed by atoms with Gasteiger partial charge in [-0.1, -0.05) is 12.1 Å². The summed E-state index contributed by atoms with van der Waals surface area (Å²) in [6, 6.07) is 17.0. The number of carboxylic acids is 1. The van der Waals surface area contributed by atoms with Crippen LogP contribution < -0.4 is 16.0 Å². The Bertz CT molecular complexity index is 1300. The molecule has 4 rings (SSSR count). The summed E-state index contributed by atoms with van der Waals surface area (Å²) in [7, 11) is 0. The van der Waals surface area contributed by atoms with Crippen LogP contribution in [0, 0.1) is 12.3 Å². The zero-order valence-electron chi connectivity index (χ0n) is 18.9. The van der Waals surface area contributed by atoms with Gasteiger partial charge in [-0.05, 0) is 60.5 Å². The standard InChI is InChI=1S/C25H27N7O2/c1-16-18(15-32(13-11-23(33)34)22-4-2-3-12-28-22)7-10-20-24(16)31-21(30-20)14-29-19-8-5-17(6-9-19)25(26)27/h2-10,12,29H,11,13-15H2,1H3,(H3,26,27)(H,30,31)(H,33,34). The van der Waals surface area contributed by atoms with Crippen molar-refractivity contribution in [2.45, 2.75) is 26.4 Å². The Morgan fingerprint density at radius 2 is 1.97 bits per heavy atom. The Labute approximate surface area is 197 Å². The Hall–Kier alpha value is -4.40. The van der Waals surface area contributed by atoms with Crippen molar-refractivity contribution in [2.24, 2.45) is 5.73 Å². The number of benzene rings is 2. The van der Waals surface area contributed by atoms with E-state index in [-0.39, 0.29) is 12.3 Å². The van der Waals surface area contributed by atoms with E-state index in [1.54, 1.807) is 18.3 Å². The highest BCUT2D eigenvalue weighted by molar-refractivity contribution is 5.95. The van der Waals surface area contributed by atoms with Gasteiger partial charge in [0.1, 0.15) is 17.5 Å². The molecule has 0 amide bonds. The number of carbonyl (C=O) groups is 1. The molecule has 0 bridgehead atoms. The first-order valence-corrected chi connectivity index (χ1v) is 10.9. The van der Waals surface area contributed by atoms with Crippen LogP contribution >= 0.6 is 0 Å². The van der Waals surface area contributed by atoms with Gasteiger partial charge in [0.2, 0.25) is 0 Å². The number of hydrogen-bond acceptors (Lipinski definition) is 6. The molecule has 0 saturated carbocycles. The van der Waals surface area contributed by atoms with Crippen molar-refractivity contribution < 1.29 is 9.90 Å². The molecule has 0 aliphatic heterocycles. The fourth-order valence-corrected chi connectivity index (χ4v) is 3.77. The molecular formula is C25H27N7O2. The van der Waals surface area contributed by atoms with E-state index in [4.69, 9.17) is 21.2 Å². The Balaban J connectivity index is 1.51. The topological polar surface area (TPSA) is 144 Å².